The van der Waals surface area contributed by atoms with Crippen molar-refractivity contribution in [3.8, 4) is 0 Å². The number of fused-ring (bicyclic) bond motifs is 2. The number of H-pyrrole nitrogens is 1. The molecule has 5 rings (SSSR count). The number of rotatable bonds is 7. The Morgan fingerprint density at radius 1 is 1.16 bits per heavy atom. The van der Waals surface area contributed by atoms with Crippen LogP contribution in [0.3, 0.4) is 0 Å². The molecule has 3 heterocycles. The fourth-order valence-electron chi connectivity index (χ4n) is 5.11. The number of para-hydroxylation sites is 1. The van der Waals surface area contributed by atoms with E-state index in [-0.39, 0.29) is 12.2 Å². The quantitative estimate of drug-likeness (QED) is 0.323. The summed E-state index contributed by atoms with van der Waals surface area (Å²) in [6.07, 6.45) is 3.40. The molecule has 0 aliphatic carbocycles. The average molecular weight is 528 g/mol. The molecule has 7 heteroatoms. The zero-order valence-electron chi connectivity index (χ0n) is 22.5. The smallest absolute Gasteiger partial charge is 0.338 e. The fraction of sp³-hybridized carbons (Fsp3) is 0.323. The molecule has 38 heavy (non-hydrogen) atoms. The number of carbonyl (C=O) groups excluding carboxylic acids is 1. The number of hydrogen-bond donors (Lipinski definition) is 1. The molecule has 6 nitrogen and oxygen atoms in total. The number of thiazole rings is 1. The zero-order chi connectivity index (χ0) is 27.0. The lowest BCUT2D eigenvalue weighted by Crippen LogP contribution is -2.40. The Morgan fingerprint density at radius 2 is 1.89 bits per heavy atom. The normalized spacial score (nSPS) is 15.7. The Labute approximate surface area is 226 Å². The van der Waals surface area contributed by atoms with Gasteiger partial charge in [-0.3, -0.25) is 9.36 Å². The van der Waals surface area contributed by atoms with Gasteiger partial charge in [0.15, 0.2) is 4.80 Å². The van der Waals surface area contributed by atoms with Crippen LogP contribution in [0.2, 0.25) is 0 Å². The van der Waals surface area contributed by atoms with Crippen molar-refractivity contribution >= 4 is 34.3 Å². The third kappa shape index (κ3) is 4.56. The van der Waals surface area contributed by atoms with E-state index < -0.39 is 12.0 Å². The van der Waals surface area contributed by atoms with Crippen LogP contribution < -0.4 is 14.9 Å². The minimum Gasteiger partial charge on any atom is -0.463 e. The van der Waals surface area contributed by atoms with Gasteiger partial charge in [-0.25, -0.2) is 9.79 Å². The van der Waals surface area contributed by atoms with Gasteiger partial charge < -0.3 is 9.72 Å². The molecule has 196 valence electrons. The van der Waals surface area contributed by atoms with Crippen LogP contribution in [-0.4, -0.2) is 22.1 Å². The lowest BCUT2D eigenvalue weighted by molar-refractivity contribution is -0.139. The topological polar surface area (TPSA) is 76.5 Å². The fourth-order valence-corrected chi connectivity index (χ4v) is 6.12. The predicted octanol–water partition coefficient (Wildman–Crippen LogP) is 5.49. The highest BCUT2D eigenvalue weighted by atomic mass is 32.1. The molecule has 2 aromatic carbocycles. The minimum atomic E-state index is -0.598. The molecule has 1 atom stereocenters. The summed E-state index contributed by atoms with van der Waals surface area (Å²) in [5, 5.41) is 1.07. The Balaban J connectivity index is 1.77. The number of nitrogens with zero attached hydrogens (tertiary/aromatic N) is 2. The third-order valence-electron chi connectivity index (χ3n) is 7.03. The Kier molecular flexibility index (Phi) is 7.21. The molecular weight excluding hydrogens is 494 g/mol. The van der Waals surface area contributed by atoms with Gasteiger partial charge in [0.1, 0.15) is 0 Å². The lowest BCUT2D eigenvalue weighted by Gasteiger charge is -2.26. The standard InChI is InChI=1S/C31H33N3O3S/c1-6-10-25-27(30(36)37-7-2)28(21-15-13-20(14-16-21)18(3)4)34-29(35)26(38-31(34)33-25)17-23-19(5)32-24-12-9-8-11-22(23)24/h8-9,11-18,28,32H,6-7,10H2,1-5H3/b26-17-/t28-/m1/s1. The number of aryl methyl sites for hydroxylation is 1. The van der Waals surface area contributed by atoms with Crippen LogP contribution >= 0.6 is 11.3 Å². The van der Waals surface area contributed by atoms with Crippen LogP contribution in [0, 0.1) is 6.92 Å². The van der Waals surface area contributed by atoms with E-state index in [2.05, 4.69) is 44.0 Å². The molecule has 0 radical (unpaired) electrons. The van der Waals surface area contributed by atoms with Gasteiger partial charge in [0.25, 0.3) is 5.56 Å². The summed E-state index contributed by atoms with van der Waals surface area (Å²) in [5.74, 6) is -0.0411. The predicted molar refractivity (Wildman–Crippen MR) is 153 cm³/mol. The second-order valence-electron chi connectivity index (χ2n) is 9.94. The molecule has 2 aromatic heterocycles. The monoisotopic (exact) mass is 527 g/mol. The number of carbonyl (C=O) groups is 1. The van der Waals surface area contributed by atoms with Crippen LogP contribution in [0.25, 0.3) is 17.0 Å². The number of benzene rings is 2. The van der Waals surface area contributed by atoms with E-state index in [0.717, 1.165) is 34.1 Å². The second kappa shape index (κ2) is 10.6. The lowest BCUT2D eigenvalue weighted by atomic mass is 9.92. The minimum absolute atomic E-state index is 0.159. The maximum atomic E-state index is 14.0. The van der Waals surface area contributed by atoms with E-state index in [4.69, 9.17) is 9.73 Å². The molecule has 0 fully saturated rings. The number of hydrogen-bond acceptors (Lipinski definition) is 5. The van der Waals surface area contributed by atoms with E-state index in [1.807, 2.05) is 43.3 Å². The van der Waals surface area contributed by atoms with Crippen molar-refractivity contribution in [2.75, 3.05) is 6.61 Å². The molecule has 0 spiro atoms. The third-order valence-corrected chi connectivity index (χ3v) is 8.01. The van der Waals surface area contributed by atoms with Crippen molar-refractivity contribution in [3.05, 3.63) is 102 Å². The molecule has 1 N–H and O–H groups in total. The Bertz CT molecular complexity index is 1720. The van der Waals surface area contributed by atoms with Gasteiger partial charge in [0.2, 0.25) is 0 Å². The summed E-state index contributed by atoms with van der Waals surface area (Å²) < 4.78 is 7.76. The molecule has 0 saturated carbocycles. The number of ether oxygens (including phenoxy) is 1. The maximum absolute atomic E-state index is 14.0. The molecular formula is C31H33N3O3S. The van der Waals surface area contributed by atoms with Crippen LogP contribution in [0.15, 0.2) is 69.6 Å². The summed E-state index contributed by atoms with van der Waals surface area (Å²) in [6.45, 7) is 10.4. The summed E-state index contributed by atoms with van der Waals surface area (Å²) in [5.41, 5.74) is 6.08. The van der Waals surface area contributed by atoms with Gasteiger partial charge in [-0.1, -0.05) is 81.0 Å². The van der Waals surface area contributed by atoms with Crippen molar-refractivity contribution in [2.45, 2.75) is 59.4 Å². The molecule has 0 bridgehead atoms. The Hall–Kier alpha value is -3.71. The van der Waals surface area contributed by atoms with Crippen molar-refractivity contribution in [1.82, 2.24) is 9.55 Å². The first-order valence-corrected chi connectivity index (χ1v) is 14.0. The molecule has 1 aliphatic heterocycles. The molecule has 0 unspecified atom stereocenters. The maximum Gasteiger partial charge on any atom is 0.338 e. The number of aromatic amines is 1. The average Bonchev–Trinajstić information content (AvgIpc) is 3.39. The van der Waals surface area contributed by atoms with E-state index in [9.17, 15) is 9.59 Å². The van der Waals surface area contributed by atoms with Gasteiger partial charge in [-0.05, 0) is 49.5 Å². The molecule has 0 amide bonds. The highest BCUT2D eigenvalue weighted by Crippen LogP contribution is 2.33. The number of allylic oxidation sites excluding steroid dienone is 1. The van der Waals surface area contributed by atoms with Gasteiger partial charge >= 0.3 is 5.97 Å². The summed E-state index contributed by atoms with van der Waals surface area (Å²) in [6, 6.07) is 15.7. The van der Waals surface area contributed by atoms with Crippen molar-refractivity contribution in [2.24, 2.45) is 4.99 Å². The van der Waals surface area contributed by atoms with Gasteiger partial charge in [-0.15, -0.1) is 0 Å². The van der Waals surface area contributed by atoms with E-state index in [1.54, 1.807) is 11.5 Å². The molecule has 0 saturated heterocycles. The van der Waals surface area contributed by atoms with E-state index in [0.29, 0.717) is 32.9 Å². The molecule has 4 aromatic rings. The first kappa shape index (κ1) is 25.9. The Morgan fingerprint density at radius 3 is 2.58 bits per heavy atom. The second-order valence-corrected chi connectivity index (χ2v) is 11.0. The highest BCUT2D eigenvalue weighted by molar-refractivity contribution is 7.07. The van der Waals surface area contributed by atoms with E-state index in [1.165, 1.54) is 16.9 Å². The number of nitrogens with one attached hydrogen (secondary N) is 1. The van der Waals surface area contributed by atoms with Crippen LogP contribution in [0.5, 0.6) is 0 Å². The van der Waals surface area contributed by atoms with Gasteiger partial charge in [0.05, 0.1) is 28.5 Å². The summed E-state index contributed by atoms with van der Waals surface area (Å²) in [4.78, 5) is 36.3. The van der Waals surface area contributed by atoms with Crippen LogP contribution in [0.4, 0.5) is 0 Å². The van der Waals surface area contributed by atoms with Gasteiger partial charge in [-0.2, -0.15) is 0 Å². The first-order valence-electron chi connectivity index (χ1n) is 13.2. The zero-order valence-corrected chi connectivity index (χ0v) is 23.3. The van der Waals surface area contributed by atoms with Crippen LogP contribution in [-0.2, 0) is 9.53 Å². The first-order chi connectivity index (χ1) is 18.3. The summed E-state index contributed by atoms with van der Waals surface area (Å²) in [7, 11) is 0. The van der Waals surface area contributed by atoms with Crippen molar-refractivity contribution in [3.63, 3.8) is 0 Å². The molecule has 1 aliphatic rings. The van der Waals surface area contributed by atoms with Crippen LogP contribution in [0.1, 0.15) is 74.9 Å². The van der Waals surface area contributed by atoms with Crippen molar-refractivity contribution in [1.29, 1.82) is 0 Å². The number of esters is 1. The number of aromatic nitrogens is 2. The summed E-state index contributed by atoms with van der Waals surface area (Å²) >= 11 is 1.37. The van der Waals surface area contributed by atoms with E-state index >= 15 is 0 Å². The largest absolute Gasteiger partial charge is 0.463 e. The van der Waals surface area contributed by atoms with Gasteiger partial charge in [0, 0.05) is 22.2 Å². The SMILES string of the molecule is CCCC1=C(C(=O)OCC)[C@@H](c2ccc(C(C)C)cc2)n2c(s/c(=C\c3c(C)[nH]c4ccccc34)c2=O)=N1. The van der Waals surface area contributed by atoms with Crippen molar-refractivity contribution < 1.29 is 9.53 Å². The highest BCUT2D eigenvalue weighted by Gasteiger charge is 2.34.